The zero-order valence-electron chi connectivity index (χ0n) is 26.0. The van der Waals surface area contributed by atoms with E-state index < -0.39 is 64.0 Å². The van der Waals surface area contributed by atoms with Gasteiger partial charge in [-0.05, 0) is 82.1 Å². The molecule has 0 radical (unpaired) electrons. The number of nitriles is 2. The van der Waals surface area contributed by atoms with Crippen LogP contribution in [0.4, 0.5) is 43.9 Å². The largest absolute Gasteiger partial charge is 0.422 e. The molecule has 14 heteroatoms. The van der Waals surface area contributed by atoms with Gasteiger partial charge in [0.25, 0.3) is 0 Å². The van der Waals surface area contributed by atoms with E-state index in [4.69, 9.17) is 0 Å². The molecule has 4 atom stereocenters. The standard InChI is InChI=1S/C37H20F10N4/c1-35-13-24-20-4-2-16(18-8-27(38)31(28(39)9-18)36(42,43)44)6-21(20)33(50-14-48)22(24)12-26(35)34(51-15-49)23-7-17(3-5-25(23)35)19-10-29(40)32(30(41)11-19)37(45,46)47/h2-6,8-12,17,24,26H,7,13H2,1H3. The molecule has 3 aromatic rings. The molecule has 0 aromatic heterocycles. The monoisotopic (exact) mass is 710 g/mol. The van der Waals surface area contributed by atoms with Crippen LogP contribution in [0.15, 0.2) is 87.4 Å². The molecule has 4 aliphatic carbocycles. The van der Waals surface area contributed by atoms with Crippen molar-refractivity contribution in [2.45, 2.75) is 44.0 Å². The van der Waals surface area contributed by atoms with Gasteiger partial charge in [0.1, 0.15) is 34.4 Å². The van der Waals surface area contributed by atoms with E-state index in [1.807, 2.05) is 13.0 Å². The van der Waals surface area contributed by atoms with Gasteiger partial charge in [-0.25, -0.2) is 17.6 Å². The van der Waals surface area contributed by atoms with E-state index >= 15 is 0 Å². The van der Waals surface area contributed by atoms with E-state index in [2.05, 4.69) is 9.98 Å². The number of rotatable bonds is 2. The predicted octanol–water partition coefficient (Wildman–Crippen LogP) is 10.2. The summed E-state index contributed by atoms with van der Waals surface area (Å²) in [5.74, 6) is -8.76. The third-order valence-corrected chi connectivity index (χ3v) is 10.2. The normalized spacial score (nSPS) is 25.3. The first kappa shape index (κ1) is 34.0. The van der Waals surface area contributed by atoms with Crippen LogP contribution >= 0.6 is 0 Å². The Kier molecular flexibility index (Phi) is 7.67. The second-order valence-corrected chi connectivity index (χ2v) is 13.0. The third-order valence-electron chi connectivity index (χ3n) is 10.2. The number of nitrogens with zero attached hydrogens (tertiary/aromatic N) is 4. The Morgan fingerprint density at radius 1 is 0.784 bits per heavy atom. The summed E-state index contributed by atoms with van der Waals surface area (Å²) in [6.45, 7) is 1.93. The second kappa shape index (κ2) is 11.5. The van der Waals surface area contributed by atoms with Crippen molar-refractivity contribution in [2.75, 3.05) is 0 Å². The zero-order chi connectivity index (χ0) is 36.8. The maximum Gasteiger partial charge on any atom is 0.422 e. The Balaban J connectivity index is 1.28. The van der Waals surface area contributed by atoms with Crippen LogP contribution in [0, 0.1) is 57.5 Å². The first-order valence-corrected chi connectivity index (χ1v) is 15.3. The summed E-state index contributed by atoms with van der Waals surface area (Å²) >= 11 is 0. The van der Waals surface area contributed by atoms with Crippen molar-refractivity contribution in [2.24, 2.45) is 21.3 Å². The number of halogens is 10. The number of fused-ring (bicyclic) bond motifs is 5. The van der Waals surface area contributed by atoms with Gasteiger partial charge in [-0.2, -0.15) is 46.9 Å². The molecule has 51 heavy (non-hydrogen) atoms. The van der Waals surface area contributed by atoms with Crippen molar-refractivity contribution >= 4 is 11.4 Å². The van der Waals surface area contributed by atoms with Gasteiger partial charge >= 0.3 is 12.4 Å². The summed E-state index contributed by atoms with van der Waals surface area (Å²) in [5.41, 5.74) is -1.14. The number of hydrogen-bond acceptors (Lipinski definition) is 4. The van der Waals surface area contributed by atoms with Gasteiger partial charge in [-0.1, -0.05) is 37.3 Å². The van der Waals surface area contributed by atoms with E-state index in [0.29, 0.717) is 58.7 Å². The van der Waals surface area contributed by atoms with Crippen LogP contribution in [0.2, 0.25) is 0 Å². The topological polar surface area (TPSA) is 72.3 Å². The summed E-state index contributed by atoms with van der Waals surface area (Å²) in [6.07, 6.45) is -1.30. The minimum absolute atomic E-state index is 0.0339. The predicted molar refractivity (Wildman–Crippen MR) is 164 cm³/mol. The van der Waals surface area contributed by atoms with Crippen molar-refractivity contribution in [3.05, 3.63) is 128 Å². The zero-order valence-corrected chi connectivity index (χ0v) is 26.0. The molecule has 0 aliphatic heterocycles. The molecule has 4 unspecified atom stereocenters. The van der Waals surface area contributed by atoms with Gasteiger partial charge < -0.3 is 0 Å². The van der Waals surface area contributed by atoms with Gasteiger partial charge in [-0.3, -0.25) is 0 Å². The van der Waals surface area contributed by atoms with Crippen LogP contribution in [0.3, 0.4) is 0 Å². The molecule has 0 amide bonds. The highest BCUT2D eigenvalue weighted by atomic mass is 19.4. The lowest BCUT2D eigenvalue weighted by Crippen LogP contribution is -2.33. The number of alkyl halides is 6. The van der Waals surface area contributed by atoms with Crippen LogP contribution in [0.25, 0.3) is 11.1 Å². The fourth-order valence-electron chi connectivity index (χ4n) is 8.08. The molecule has 3 aromatic carbocycles. The minimum atomic E-state index is -5.25. The molecule has 7 rings (SSSR count). The van der Waals surface area contributed by atoms with Crippen molar-refractivity contribution in [3.63, 3.8) is 0 Å². The molecule has 0 saturated carbocycles. The quantitative estimate of drug-likeness (QED) is 0.196. The Hall–Kier alpha value is -5.50. The molecule has 258 valence electrons. The van der Waals surface area contributed by atoms with Crippen molar-refractivity contribution in [3.8, 4) is 23.5 Å². The Morgan fingerprint density at radius 2 is 1.37 bits per heavy atom. The van der Waals surface area contributed by atoms with Crippen molar-refractivity contribution in [1.82, 2.24) is 0 Å². The van der Waals surface area contributed by atoms with Gasteiger partial charge in [-0.15, -0.1) is 0 Å². The van der Waals surface area contributed by atoms with Gasteiger partial charge in [0.2, 0.25) is 12.4 Å². The first-order chi connectivity index (χ1) is 24.0. The summed E-state index contributed by atoms with van der Waals surface area (Å²) in [6, 6.07) is 7.09. The number of aliphatic imine (C=N–C) groups is 2. The van der Waals surface area contributed by atoms with Crippen LogP contribution in [-0.2, 0) is 12.4 Å². The number of benzene rings is 3. The molecule has 4 aliphatic rings. The van der Waals surface area contributed by atoms with E-state index in [1.165, 1.54) is 12.1 Å². The SMILES string of the molecule is CC12CC3C(=CC1C(=NC#N)C1=C2C=CC(c2cc(F)c(C(F)(F)F)c(F)c2)C1)C(=NC#N)c1cc(-c2cc(F)c(C(F)(F)F)c(F)c2)ccc13. The molecule has 0 heterocycles. The molecule has 4 nitrogen and oxygen atoms in total. The summed E-state index contributed by atoms with van der Waals surface area (Å²) in [5, 5.41) is 19.3. The fourth-order valence-corrected chi connectivity index (χ4v) is 8.08. The Labute approximate surface area is 283 Å². The fraction of sp³-hybridized carbons (Fsp3) is 0.243. The third kappa shape index (κ3) is 5.27. The Bertz CT molecular complexity index is 2250. The highest BCUT2D eigenvalue weighted by Gasteiger charge is 2.54. The van der Waals surface area contributed by atoms with Crippen LogP contribution in [0.1, 0.15) is 59.4 Å². The second-order valence-electron chi connectivity index (χ2n) is 13.0. The lowest BCUT2D eigenvalue weighted by atomic mass is 9.63. The van der Waals surface area contributed by atoms with E-state index in [-0.39, 0.29) is 34.7 Å². The van der Waals surface area contributed by atoms with Crippen LogP contribution < -0.4 is 0 Å². The molecule has 0 N–H and O–H groups in total. The summed E-state index contributed by atoms with van der Waals surface area (Å²) in [4.78, 5) is 8.14. The van der Waals surface area contributed by atoms with Crippen LogP contribution in [0.5, 0.6) is 0 Å². The van der Waals surface area contributed by atoms with E-state index in [0.717, 1.165) is 5.57 Å². The first-order valence-electron chi connectivity index (χ1n) is 15.3. The summed E-state index contributed by atoms with van der Waals surface area (Å²) in [7, 11) is 0. The molecular weight excluding hydrogens is 690 g/mol. The van der Waals surface area contributed by atoms with Crippen molar-refractivity contribution in [1.29, 1.82) is 10.5 Å². The number of allylic oxidation sites excluding steroid dienone is 6. The lowest BCUT2D eigenvalue weighted by Gasteiger charge is -2.39. The average molecular weight is 711 g/mol. The highest BCUT2D eigenvalue weighted by Crippen LogP contribution is 2.61. The van der Waals surface area contributed by atoms with Gasteiger partial charge in [0, 0.05) is 28.7 Å². The van der Waals surface area contributed by atoms with E-state index in [9.17, 15) is 54.4 Å². The molecular formula is C37H20F10N4. The maximum atomic E-state index is 14.5. The molecule has 0 fully saturated rings. The Morgan fingerprint density at radius 3 is 1.94 bits per heavy atom. The van der Waals surface area contributed by atoms with Crippen molar-refractivity contribution < 1.29 is 43.9 Å². The number of hydrogen-bond donors (Lipinski definition) is 0. The maximum absolute atomic E-state index is 14.5. The van der Waals surface area contributed by atoms with E-state index in [1.54, 1.807) is 30.6 Å². The van der Waals surface area contributed by atoms with Gasteiger partial charge in [0.15, 0.2) is 0 Å². The molecule has 0 bridgehead atoms. The van der Waals surface area contributed by atoms with Gasteiger partial charge in [0.05, 0.1) is 11.4 Å². The highest BCUT2D eigenvalue weighted by molar-refractivity contribution is 6.20. The minimum Gasteiger partial charge on any atom is -0.206 e. The average Bonchev–Trinajstić information content (AvgIpc) is 3.45. The molecule has 0 spiro atoms. The smallest absolute Gasteiger partial charge is 0.206 e. The molecule has 0 saturated heterocycles. The van der Waals surface area contributed by atoms with Crippen LogP contribution in [-0.4, -0.2) is 11.4 Å². The lowest BCUT2D eigenvalue weighted by molar-refractivity contribution is -0.143. The summed E-state index contributed by atoms with van der Waals surface area (Å²) < 4.78 is 137.